The van der Waals surface area contributed by atoms with Crippen molar-refractivity contribution < 1.29 is 14.7 Å². The van der Waals surface area contributed by atoms with Gasteiger partial charge < -0.3 is 15.7 Å². The summed E-state index contributed by atoms with van der Waals surface area (Å²) in [6.07, 6.45) is -0.539. The third kappa shape index (κ3) is 5.40. The molecule has 5 nitrogen and oxygen atoms in total. The molecule has 0 aliphatic rings. The van der Waals surface area contributed by atoms with E-state index in [-0.39, 0.29) is 24.3 Å². The molecule has 0 aliphatic carbocycles. The average Bonchev–Trinajstić information content (AvgIpc) is 2.81. The lowest BCUT2D eigenvalue weighted by atomic mass is 10.1. The van der Waals surface area contributed by atoms with E-state index in [9.17, 15) is 14.7 Å². The van der Waals surface area contributed by atoms with E-state index in [0.29, 0.717) is 11.4 Å². The number of carbonyl (C=O) groups is 2. The van der Waals surface area contributed by atoms with Crippen LogP contribution in [0.4, 0.5) is 0 Å². The first-order valence-corrected chi connectivity index (χ1v) is 7.01. The van der Waals surface area contributed by atoms with E-state index in [0.717, 1.165) is 4.88 Å². The van der Waals surface area contributed by atoms with Crippen molar-refractivity contribution in [1.29, 1.82) is 0 Å². The van der Waals surface area contributed by atoms with Gasteiger partial charge in [-0.1, -0.05) is 13.8 Å². The van der Waals surface area contributed by atoms with Gasteiger partial charge in [-0.05, 0) is 18.1 Å². The summed E-state index contributed by atoms with van der Waals surface area (Å²) in [6, 6.07) is 3.54. The minimum absolute atomic E-state index is 0.0977. The van der Waals surface area contributed by atoms with Crippen molar-refractivity contribution in [3.63, 3.8) is 0 Å². The first-order chi connectivity index (χ1) is 8.90. The van der Waals surface area contributed by atoms with E-state index in [1.165, 1.54) is 18.3 Å². The Bertz CT molecular complexity index is 443. The van der Waals surface area contributed by atoms with Gasteiger partial charge in [0.15, 0.2) is 0 Å². The van der Waals surface area contributed by atoms with Crippen molar-refractivity contribution in [3.8, 4) is 0 Å². The molecular formula is C13H20N2O3S. The highest BCUT2D eigenvalue weighted by atomic mass is 32.1. The molecule has 1 unspecified atom stereocenters. The van der Waals surface area contributed by atoms with Gasteiger partial charge in [0.25, 0.3) is 5.91 Å². The van der Waals surface area contributed by atoms with Gasteiger partial charge >= 0.3 is 0 Å². The van der Waals surface area contributed by atoms with Crippen molar-refractivity contribution in [3.05, 3.63) is 21.9 Å². The maximum absolute atomic E-state index is 11.8. The topological polar surface area (TPSA) is 78.4 Å². The predicted octanol–water partition coefficient (Wildman–Crippen LogP) is 1.13. The minimum atomic E-state index is -0.539. The molecular weight excluding hydrogens is 264 g/mol. The van der Waals surface area contributed by atoms with Crippen LogP contribution in [0.1, 0.15) is 35.3 Å². The van der Waals surface area contributed by atoms with Crippen LogP contribution < -0.4 is 10.6 Å². The van der Waals surface area contributed by atoms with Gasteiger partial charge in [-0.25, -0.2) is 0 Å². The smallest absolute Gasteiger partial charge is 0.261 e. The number of hydrogen-bond donors (Lipinski definition) is 3. The zero-order valence-corrected chi connectivity index (χ0v) is 12.2. The summed E-state index contributed by atoms with van der Waals surface area (Å²) in [7, 11) is 0. The molecule has 0 bridgehead atoms. The molecule has 6 heteroatoms. The first-order valence-electron chi connectivity index (χ1n) is 6.19. The Morgan fingerprint density at radius 3 is 2.58 bits per heavy atom. The summed E-state index contributed by atoms with van der Waals surface area (Å²) in [5, 5.41) is 15.0. The van der Waals surface area contributed by atoms with Crippen LogP contribution in [0, 0.1) is 5.92 Å². The Labute approximate surface area is 117 Å². The van der Waals surface area contributed by atoms with E-state index < -0.39 is 6.10 Å². The maximum atomic E-state index is 11.8. The van der Waals surface area contributed by atoms with Crippen molar-refractivity contribution in [2.75, 3.05) is 6.54 Å². The standard InChI is InChI=1S/C13H20N2O3S/c1-8(2)11(17)7-15-13(18)12-5-4-10(19-12)6-14-9(3)16/h4-5,8,11,17H,6-7H2,1-3H3,(H,14,16)(H,15,18). The molecule has 0 spiro atoms. The van der Waals surface area contributed by atoms with Crippen LogP contribution >= 0.6 is 11.3 Å². The van der Waals surface area contributed by atoms with E-state index >= 15 is 0 Å². The summed E-state index contributed by atoms with van der Waals surface area (Å²) >= 11 is 1.33. The predicted molar refractivity (Wildman–Crippen MR) is 75.0 cm³/mol. The quantitative estimate of drug-likeness (QED) is 0.733. The molecule has 1 atom stereocenters. The number of thiophene rings is 1. The second-order valence-corrected chi connectivity index (χ2v) is 5.87. The third-order valence-corrected chi connectivity index (χ3v) is 3.72. The van der Waals surface area contributed by atoms with Crippen LogP contribution in [0.2, 0.25) is 0 Å². The van der Waals surface area contributed by atoms with Crippen LogP contribution in [0.15, 0.2) is 12.1 Å². The minimum Gasteiger partial charge on any atom is -0.391 e. The summed E-state index contributed by atoms with van der Waals surface area (Å²) in [5.74, 6) is -0.183. The zero-order chi connectivity index (χ0) is 14.4. The molecule has 0 aromatic carbocycles. The van der Waals surface area contributed by atoms with Crippen LogP contribution in [0.3, 0.4) is 0 Å². The molecule has 0 aliphatic heterocycles. The van der Waals surface area contributed by atoms with Gasteiger partial charge in [0.05, 0.1) is 17.5 Å². The molecule has 0 fully saturated rings. The van der Waals surface area contributed by atoms with Crippen LogP contribution in [-0.2, 0) is 11.3 Å². The number of nitrogens with one attached hydrogen (secondary N) is 2. The molecule has 19 heavy (non-hydrogen) atoms. The van der Waals surface area contributed by atoms with Crippen molar-refractivity contribution in [2.24, 2.45) is 5.92 Å². The monoisotopic (exact) mass is 284 g/mol. The largest absolute Gasteiger partial charge is 0.391 e. The maximum Gasteiger partial charge on any atom is 0.261 e. The molecule has 0 saturated heterocycles. The van der Waals surface area contributed by atoms with E-state index in [4.69, 9.17) is 0 Å². The van der Waals surface area contributed by atoms with Crippen LogP contribution in [0.25, 0.3) is 0 Å². The summed E-state index contributed by atoms with van der Waals surface area (Å²) in [4.78, 5) is 24.1. The Hall–Kier alpha value is -1.40. The van der Waals surface area contributed by atoms with Crippen LogP contribution in [0.5, 0.6) is 0 Å². The fourth-order valence-electron chi connectivity index (χ4n) is 1.33. The number of amides is 2. The fraction of sp³-hybridized carbons (Fsp3) is 0.538. The number of rotatable bonds is 6. The lowest BCUT2D eigenvalue weighted by Crippen LogP contribution is -2.34. The van der Waals surface area contributed by atoms with Gasteiger partial charge in [-0.3, -0.25) is 9.59 Å². The normalized spacial score (nSPS) is 12.3. The average molecular weight is 284 g/mol. The van der Waals surface area contributed by atoms with E-state index in [2.05, 4.69) is 10.6 Å². The number of aliphatic hydroxyl groups is 1. The molecule has 3 N–H and O–H groups in total. The van der Waals surface area contributed by atoms with Gasteiger partial charge in [0.1, 0.15) is 0 Å². The molecule has 0 saturated carbocycles. The van der Waals surface area contributed by atoms with Gasteiger partial charge in [-0.2, -0.15) is 0 Å². The van der Waals surface area contributed by atoms with E-state index in [1.54, 1.807) is 6.07 Å². The summed E-state index contributed by atoms with van der Waals surface area (Å²) in [5.41, 5.74) is 0. The lowest BCUT2D eigenvalue weighted by Gasteiger charge is -2.14. The van der Waals surface area contributed by atoms with Gasteiger partial charge in [-0.15, -0.1) is 11.3 Å². The van der Waals surface area contributed by atoms with E-state index in [1.807, 2.05) is 19.9 Å². The van der Waals surface area contributed by atoms with Gasteiger partial charge in [0.2, 0.25) is 5.91 Å². The molecule has 1 heterocycles. The number of hydrogen-bond acceptors (Lipinski definition) is 4. The highest BCUT2D eigenvalue weighted by Crippen LogP contribution is 2.16. The molecule has 106 valence electrons. The highest BCUT2D eigenvalue weighted by Gasteiger charge is 2.13. The Balaban J connectivity index is 2.47. The van der Waals surface area contributed by atoms with Crippen molar-refractivity contribution >= 4 is 23.2 Å². The zero-order valence-electron chi connectivity index (χ0n) is 11.4. The van der Waals surface area contributed by atoms with Crippen molar-refractivity contribution in [2.45, 2.75) is 33.4 Å². The molecule has 1 rings (SSSR count). The Kier molecular flexibility index (Phi) is 5.98. The number of carbonyl (C=O) groups excluding carboxylic acids is 2. The molecule has 1 aromatic heterocycles. The molecule has 1 aromatic rings. The molecule has 0 radical (unpaired) electrons. The highest BCUT2D eigenvalue weighted by molar-refractivity contribution is 7.14. The Morgan fingerprint density at radius 2 is 2.00 bits per heavy atom. The Morgan fingerprint density at radius 1 is 1.32 bits per heavy atom. The lowest BCUT2D eigenvalue weighted by molar-refractivity contribution is -0.119. The number of aliphatic hydroxyl groups excluding tert-OH is 1. The second kappa shape index (κ2) is 7.25. The molecule has 2 amide bonds. The van der Waals surface area contributed by atoms with Gasteiger partial charge in [0, 0.05) is 18.3 Å². The van der Waals surface area contributed by atoms with Crippen LogP contribution in [-0.4, -0.2) is 29.6 Å². The third-order valence-electron chi connectivity index (χ3n) is 2.64. The SMILES string of the molecule is CC(=O)NCc1ccc(C(=O)NCC(O)C(C)C)s1. The second-order valence-electron chi connectivity index (χ2n) is 4.70. The fourth-order valence-corrected chi connectivity index (χ4v) is 2.19. The van der Waals surface area contributed by atoms with Crippen molar-refractivity contribution in [1.82, 2.24) is 10.6 Å². The first kappa shape index (κ1) is 15.7. The summed E-state index contributed by atoms with van der Waals surface area (Å²) < 4.78 is 0. The summed E-state index contributed by atoms with van der Waals surface area (Å²) in [6.45, 7) is 5.92.